The van der Waals surface area contributed by atoms with Crippen molar-refractivity contribution in [1.82, 2.24) is 0 Å². The Balaban J connectivity index is 3.34. The van der Waals surface area contributed by atoms with E-state index in [0.29, 0.717) is 19.1 Å². The second-order valence-electron chi connectivity index (χ2n) is 2.49. The van der Waals surface area contributed by atoms with Crippen LogP contribution in [0.2, 0.25) is 0 Å². The summed E-state index contributed by atoms with van der Waals surface area (Å²) in [5.74, 6) is 0.0194. The van der Waals surface area contributed by atoms with Crippen molar-refractivity contribution in [2.45, 2.75) is 25.8 Å². The Morgan fingerprint density at radius 1 is 1.30 bits per heavy atom. The summed E-state index contributed by atoms with van der Waals surface area (Å²) in [5.41, 5.74) is 5.29. The molecule has 2 atom stereocenters. The van der Waals surface area contributed by atoms with Gasteiger partial charge in [0.05, 0.1) is 6.04 Å². The zero-order valence-corrected chi connectivity index (χ0v) is 6.12. The molecule has 0 amide bonds. The van der Waals surface area contributed by atoms with E-state index in [-0.39, 0.29) is 5.92 Å². The normalized spacial score (nSPS) is 15.8. The highest BCUT2D eigenvalue weighted by Gasteiger charge is 2.03. The number of rotatable bonds is 5. The van der Waals surface area contributed by atoms with Crippen molar-refractivity contribution in [3.8, 4) is 0 Å². The first kappa shape index (κ1) is 9.30. The highest BCUT2D eigenvalue weighted by atomic mass is 16.1. The maximum atomic E-state index is 10.1. The number of carbonyl (C=O) groups is 2. The van der Waals surface area contributed by atoms with E-state index in [0.717, 1.165) is 6.29 Å². The Hall–Kier alpha value is -0.700. The fourth-order valence-electron chi connectivity index (χ4n) is 0.591. The van der Waals surface area contributed by atoms with E-state index in [4.69, 9.17) is 5.73 Å². The minimum atomic E-state index is -0.401. The second-order valence-corrected chi connectivity index (χ2v) is 2.49. The molecule has 0 aromatic heterocycles. The molecule has 3 nitrogen and oxygen atoms in total. The van der Waals surface area contributed by atoms with Crippen LogP contribution in [0.15, 0.2) is 0 Å². The smallest absolute Gasteiger partial charge is 0.136 e. The highest BCUT2D eigenvalue weighted by molar-refractivity contribution is 5.57. The maximum absolute atomic E-state index is 10.1. The van der Waals surface area contributed by atoms with Crippen LogP contribution in [-0.2, 0) is 9.59 Å². The van der Waals surface area contributed by atoms with Gasteiger partial charge in [-0.25, -0.2) is 0 Å². The van der Waals surface area contributed by atoms with Gasteiger partial charge >= 0.3 is 0 Å². The molecule has 3 heteroatoms. The van der Waals surface area contributed by atoms with Gasteiger partial charge in [0, 0.05) is 5.92 Å². The first-order chi connectivity index (χ1) is 4.70. The van der Waals surface area contributed by atoms with Crippen molar-refractivity contribution in [1.29, 1.82) is 0 Å². The molecule has 0 rings (SSSR count). The molecule has 0 aliphatic rings. The van der Waals surface area contributed by atoms with Gasteiger partial charge in [0.25, 0.3) is 0 Å². The molecule has 0 saturated heterocycles. The van der Waals surface area contributed by atoms with Crippen molar-refractivity contribution in [3.05, 3.63) is 0 Å². The van der Waals surface area contributed by atoms with Crippen LogP contribution in [0.1, 0.15) is 19.8 Å². The lowest BCUT2D eigenvalue weighted by Gasteiger charge is -2.04. The minimum Gasteiger partial charge on any atom is -0.322 e. The Morgan fingerprint density at radius 3 is 2.30 bits per heavy atom. The van der Waals surface area contributed by atoms with Gasteiger partial charge in [-0.3, -0.25) is 0 Å². The predicted molar refractivity (Wildman–Crippen MR) is 38.5 cm³/mol. The van der Waals surface area contributed by atoms with Gasteiger partial charge in [-0.15, -0.1) is 0 Å². The summed E-state index contributed by atoms with van der Waals surface area (Å²) in [7, 11) is 0. The van der Waals surface area contributed by atoms with Crippen LogP contribution in [-0.4, -0.2) is 18.6 Å². The third kappa shape index (κ3) is 4.21. The van der Waals surface area contributed by atoms with Crippen molar-refractivity contribution in [3.63, 3.8) is 0 Å². The molecule has 10 heavy (non-hydrogen) atoms. The van der Waals surface area contributed by atoms with E-state index in [1.807, 2.05) is 6.92 Å². The minimum absolute atomic E-state index is 0.0194. The lowest BCUT2D eigenvalue weighted by molar-refractivity contribution is -0.112. The molecule has 2 N–H and O–H groups in total. The van der Waals surface area contributed by atoms with Gasteiger partial charge in [0.2, 0.25) is 0 Å². The van der Waals surface area contributed by atoms with Crippen molar-refractivity contribution in [2.24, 2.45) is 11.7 Å². The van der Waals surface area contributed by atoms with Crippen LogP contribution in [0.25, 0.3) is 0 Å². The quantitative estimate of drug-likeness (QED) is 0.556. The van der Waals surface area contributed by atoms with Crippen LogP contribution in [0.3, 0.4) is 0 Å². The first-order valence-electron chi connectivity index (χ1n) is 3.37. The molecule has 0 aliphatic carbocycles. The zero-order chi connectivity index (χ0) is 7.98. The fourth-order valence-corrected chi connectivity index (χ4v) is 0.591. The summed E-state index contributed by atoms with van der Waals surface area (Å²) in [6.07, 6.45) is 2.88. The lowest BCUT2D eigenvalue weighted by atomic mass is 10.0. The van der Waals surface area contributed by atoms with E-state index >= 15 is 0 Å². The van der Waals surface area contributed by atoms with Gasteiger partial charge in [-0.1, -0.05) is 6.92 Å². The van der Waals surface area contributed by atoms with E-state index in [1.54, 1.807) is 0 Å². The Bertz CT molecular complexity index is 100. The molecule has 0 spiro atoms. The van der Waals surface area contributed by atoms with Crippen LogP contribution in [0.4, 0.5) is 0 Å². The van der Waals surface area contributed by atoms with Crippen molar-refractivity contribution in [2.75, 3.05) is 0 Å². The molecule has 0 aromatic carbocycles. The summed E-state index contributed by atoms with van der Waals surface area (Å²) < 4.78 is 0. The average Bonchev–Trinajstić information content (AvgIpc) is 1.99. The SMILES string of the molecule is CC(C=O)CCC(N)C=O. The Morgan fingerprint density at radius 2 is 1.90 bits per heavy atom. The summed E-state index contributed by atoms with van der Waals surface area (Å²) in [5, 5.41) is 0. The van der Waals surface area contributed by atoms with E-state index in [9.17, 15) is 9.59 Å². The second kappa shape index (κ2) is 5.11. The molecular weight excluding hydrogens is 130 g/mol. The monoisotopic (exact) mass is 143 g/mol. The number of hydrogen-bond donors (Lipinski definition) is 1. The van der Waals surface area contributed by atoms with Crippen LogP contribution in [0.5, 0.6) is 0 Å². The average molecular weight is 143 g/mol. The van der Waals surface area contributed by atoms with Crippen molar-refractivity contribution < 1.29 is 9.59 Å². The largest absolute Gasteiger partial charge is 0.322 e. The molecule has 0 bridgehead atoms. The van der Waals surface area contributed by atoms with Crippen LogP contribution >= 0.6 is 0 Å². The van der Waals surface area contributed by atoms with Gasteiger partial charge < -0.3 is 15.3 Å². The van der Waals surface area contributed by atoms with Gasteiger partial charge in [0.1, 0.15) is 12.6 Å². The van der Waals surface area contributed by atoms with Gasteiger partial charge in [0.15, 0.2) is 0 Å². The molecule has 0 fully saturated rings. The van der Waals surface area contributed by atoms with Crippen LogP contribution < -0.4 is 5.73 Å². The summed E-state index contributed by atoms with van der Waals surface area (Å²) in [6, 6.07) is -0.401. The van der Waals surface area contributed by atoms with Gasteiger partial charge in [-0.05, 0) is 12.8 Å². The molecule has 2 unspecified atom stereocenters. The third-order valence-electron chi connectivity index (χ3n) is 1.36. The molecule has 0 saturated carbocycles. The van der Waals surface area contributed by atoms with Crippen LogP contribution in [0, 0.1) is 5.92 Å². The predicted octanol–water partition coefficient (Wildman–Crippen LogP) is 0.128. The maximum Gasteiger partial charge on any atom is 0.136 e. The first-order valence-corrected chi connectivity index (χ1v) is 3.37. The molecule has 0 heterocycles. The van der Waals surface area contributed by atoms with Crippen molar-refractivity contribution >= 4 is 12.6 Å². The highest BCUT2D eigenvalue weighted by Crippen LogP contribution is 2.02. The standard InChI is InChI=1S/C7H13NO2/c1-6(4-9)2-3-7(8)5-10/h4-7H,2-3,8H2,1H3. The summed E-state index contributed by atoms with van der Waals surface area (Å²) >= 11 is 0. The number of carbonyl (C=O) groups excluding carboxylic acids is 2. The lowest BCUT2D eigenvalue weighted by Crippen LogP contribution is -2.22. The summed E-state index contributed by atoms with van der Waals surface area (Å²) in [6.45, 7) is 1.81. The van der Waals surface area contributed by atoms with E-state index in [1.165, 1.54) is 0 Å². The molecular formula is C7H13NO2. The molecule has 0 aromatic rings. The topological polar surface area (TPSA) is 60.2 Å². The third-order valence-corrected chi connectivity index (χ3v) is 1.36. The molecule has 0 aliphatic heterocycles. The Labute approximate surface area is 60.6 Å². The summed E-state index contributed by atoms with van der Waals surface area (Å²) in [4.78, 5) is 20.1. The Kier molecular flexibility index (Phi) is 4.76. The molecule has 0 radical (unpaired) electrons. The van der Waals surface area contributed by atoms with Gasteiger partial charge in [-0.2, -0.15) is 0 Å². The number of nitrogens with two attached hydrogens (primary N) is 1. The van der Waals surface area contributed by atoms with E-state index < -0.39 is 6.04 Å². The zero-order valence-electron chi connectivity index (χ0n) is 6.12. The molecule has 58 valence electrons. The number of aldehydes is 2. The fraction of sp³-hybridized carbons (Fsp3) is 0.714. The number of hydrogen-bond acceptors (Lipinski definition) is 3. The van der Waals surface area contributed by atoms with E-state index in [2.05, 4.69) is 0 Å².